The fourth-order valence-corrected chi connectivity index (χ4v) is 3.57. The molecule has 23 heavy (non-hydrogen) atoms. The second-order valence-electron chi connectivity index (χ2n) is 5.22. The van der Waals surface area contributed by atoms with Crippen LogP contribution in [0.15, 0.2) is 27.6 Å². The van der Waals surface area contributed by atoms with Gasteiger partial charge in [-0.1, -0.05) is 13.8 Å². The van der Waals surface area contributed by atoms with E-state index in [1.54, 1.807) is 0 Å². The maximum atomic E-state index is 12.3. The first-order valence-corrected chi connectivity index (χ1v) is 9.27. The molecule has 0 heterocycles. The molecule has 0 spiro atoms. The highest BCUT2D eigenvalue weighted by Gasteiger charge is 2.24. The van der Waals surface area contributed by atoms with Gasteiger partial charge < -0.3 is 11.1 Å². The zero-order valence-electron chi connectivity index (χ0n) is 13.3. The van der Waals surface area contributed by atoms with E-state index < -0.39 is 15.6 Å². The molecule has 4 N–H and O–H groups in total. The molecule has 0 aliphatic heterocycles. The predicted octanol–water partition coefficient (Wildman–Crippen LogP) is 2.63. The maximum absolute atomic E-state index is 12.3. The van der Waals surface area contributed by atoms with Crippen molar-refractivity contribution >= 4 is 50.0 Å². The summed E-state index contributed by atoms with van der Waals surface area (Å²) < 4.78 is 27.7. The van der Waals surface area contributed by atoms with Gasteiger partial charge >= 0.3 is 0 Å². The fourth-order valence-electron chi connectivity index (χ4n) is 1.78. The summed E-state index contributed by atoms with van der Waals surface area (Å²) in [6.45, 7) is 5.41. The molecular weight excluding hydrogens is 406 g/mol. The Morgan fingerprint density at radius 3 is 2.30 bits per heavy atom. The Balaban J connectivity index is 0.00000484. The molecule has 1 rings (SSSR count). The molecule has 132 valence electrons. The molecule has 0 aliphatic carbocycles. The highest BCUT2D eigenvalue weighted by atomic mass is 79.9. The standard InChI is InChI=1S/C14H22BrN3O3S.ClH/c1-4-14(16,5-2)9-17-22(20,21)11-6-7-13(12(15)8-11)18-10(3)19;/h6-8,17H,4-5,9,16H2,1-3H3,(H,18,19);1H. The van der Waals surface area contributed by atoms with Crippen molar-refractivity contribution in [3.8, 4) is 0 Å². The van der Waals surface area contributed by atoms with E-state index >= 15 is 0 Å². The van der Waals surface area contributed by atoms with Gasteiger partial charge in [0.05, 0.1) is 10.6 Å². The summed E-state index contributed by atoms with van der Waals surface area (Å²) in [5.41, 5.74) is 6.07. The van der Waals surface area contributed by atoms with Gasteiger partial charge in [-0.3, -0.25) is 4.79 Å². The van der Waals surface area contributed by atoms with Crippen LogP contribution in [0.3, 0.4) is 0 Å². The number of carbonyl (C=O) groups is 1. The molecule has 0 saturated heterocycles. The third-order valence-electron chi connectivity index (χ3n) is 3.58. The second-order valence-corrected chi connectivity index (χ2v) is 7.84. The minimum Gasteiger partial charge on any atom is -0.325 e. The number of anilines is 1. The summed E-state index contributed by atoms with van der Waals surface area (Å²) >= 11 is 3.25. The third kappa shape index (κ3) is 6.39. The van der Waals surface area contributed by atoms with E-state index in [1.807, 2.05) is 13.8 Å². The first kappa shape index (κ1) is 22.3. The molecule has 0 aliphatic rings. The third-order valence-corrected chi connectivity index (χ3v) is 5.64. The lowest BCUT2D eigenvalue weighted by Crippen LogP contribution is -2.49. The molecular formula is C14H23BrClN3O3S. The average Bonchev–Trinajstić information content (AvgIpc) is 2.46. The molecule has 0 radical (unpaired) electrons. The van der Waals surface area contributed by atoms with Gasteiger partial charge in [-0.05, 0) is 47.0 Å². The Morgan fingerprint density at radius 2 is 1.87 bits per heavy atom. The van der Waals surface area contributed by atoms with Gasteiger partial charge in [-0.25, -0.2) is 13.1 Å². The van der Waals surface area contributed by atoms with Crippen molar-refractivity contribution in [2.24, 2.45) is 5.73 Å². The minimum atomic E-state index is -3.65. The molecule has 0 atom stereocenters. The van der Waals surface area contributed by atoms with Crippen LogP contribution < -0.4 is 15.8 Å². The maximum Gasteiger partial charge on any atom is 0.240 e. The lowest BCUT2D eigenvalue weighted by atomic mass is 9.95. The summed E-state index contributed by atoms with van der Waals surface area (Å²) in [6, 6.07) is 4.42. The first-order valence-electron chi connectivity index (χ1n) is 6.99. The molecule has 9 heteroatoms. The number of rotatable bonds is 7. The number of benzene rings is 1. The van der Waals surface area contributed by atoms with E-state index in [0.717, 1.165) is 0 Å². The van der Waals surface area contributed by atoms with E-state index in [4.69, 9.17) is 5.73 Å². The van der Waals surface area contributed by atoms with E-state index in [1.165, 1.54) is 25.1 Å². The van der Waals surface area contributed by atoms with Crippen LogP contribution in [-0.2, 0) is 14.8 Å². The Kier molecular flexibility index (Phi) is 8.72. The monoisotopic (exact) mass is 427 g/mol. The molecule has 1 aromatic rings. The molecule has 1 aromatic carbocycles. The van der Waals surface area contributed by atoms with Crippen molar-refractivity contribution in [1.29, 1.82) is 0 Å². The molecule has 0 fully saturated rings. The van der Waals surface area contributed by atoms with Crippen molar-refractivity contribution in [2.45, 2.75) is 44.0 Å². The van der Waals surface area contributed by atoms with Gasteiger partial charge in [0, 0.05) is 23.5 Å². The molecule has 6 nitrogen and oxygen atoms in total. The van der Waals surface area contributed by atoms with Crippen molar-refractivity contribution < 1.29 is 13.2 Å². The second kappa shape index (κ2) is 8.98. The molecule has 0 unspecified atom stereocenters. The Bertz CT molecular complexity index is 649. The number of hydrogen-bond donors (Lipinski definition) is 3. The molecule has 0 saturated carbocycles. The normalized spacial score (nSPS) is 11.7. The van der Waals surface area contributed by atoms with Crippen molar-refractivity contribution in [2.75, 3.05) is 11.9 Å². The lowest BCUT2D eigenvalue weighted by Gasteiger charge is -2.26. The topological polar surface area (TPSA) is 101 Å². The lowest BCUT2D eigenvalue weighted by molar-refractivity contribution is -0.114. The number of halogens is 2. The van der Waals surface area contributed by atoms with Crippen molar-refractivity contribution in [1.82, 2.24) is 4.72 Å². The number of hydrogen-bond acceptors (Lipinski definition) is 4. The number of amides is 1. The van der Waals surface area contributed by atoms with Gasteiger partial charge in [0.25, 0.3) is 0 Å². The van der Waals surface area contributed by atoms with Crippen LogP contribution in [0.25, 0.3) is 0 Å². The quantitative estimate of drug-likeness (QED) is 0.621. The van der Waals surface area contributed by atoms with Gasteiger partial charge in [-0.15, -0.1) is 12.4 Å². The van der Waals surface area contributed by atoms with Gasteiger partial charge in [-0.2, -0.15) is 0 Å². The van der Waals surface area contributed by atoms with E-state index in [9.17, 15) is 13.2 Å². The number of nitrogens with one attached hydrogen (secondary N) is 2. The van der Waals surface area contributed by atoms with E-state index in [-0.39, 0.29) is 29.8 Å². The minimum absolute atomic E-state index is 0. The van der Waals surface area contributed by atoms with E-state index in [0.29, 0.717) is 23.0 Å². The van der Waals surface area contributed by atoms with E-state index in [2.05, 4.69) is 26.0 Å². The van der Waals surface area contributed by atoms with Gasteiger partial charge in [0.1, 0.15) is 0 Å². The molecule has 0 bridgehead atoms. The highest BCUT2D eigenvalue weighted by Crippen LogP contribution is 2.26. The summed E-state index contributed by atoms with van der Waals surface area (Å²) in [6.07, 6.45) is 1.36. The predicted molar refractivity (Wildman–Crippen MR) is 98.4 cm³/mol. The Labute approximate surface area is 152 Å². The zero-order valence-corrected chi connectivity index (χ0v) is 16.6. The van der Waals surface area contributed by atoms with Crippen LogP contribution in [0.2, 0.25) is 0 Å². The van der Waals surface area contributed by atoms with Gasteiger partial charge in [0.15, 0.2) is 0 Å². The summed E-state index contributed by atoms with van der Waals surface area (Å²) in [7, 11) is -3.65. The van der Waals surface area contributed by atoms with Crippen molar-refractivity contribution in [3.05, 3.63) is 22.7 Å². The number of sulfonamides is 1. The Hall–Kier alpha value is -0.670. The van der Waals surface area contributed by atoms with Gasteiger partial charge in [0.2, 0.25) is 15.9 Å². The fraction of sp³-hybridized carbons (Fsp3) is 0.500. The zero-order chi connectivity index (χ0) is 17.0. The van der Waals surface area contributed by atoms with Crippen LogP contribution in [0, 0.1) is 0 Å². The van der Waals surface area contributed by atoms with Crippen LogP contribution in [0.4, 0.5) is 5.69 Å². The van der Waals surface area contributed by atoms with Crippen LogP contribution >= 0.6 is 28.3 Å². The number of nitrogens with two attached hydrogens (primary N) is 1. The smallest absolute Gasteiger partial charge is 0.240 e. The van der Waals surface area contributed by atoms with Crippen LogP contribution in [0.5, 0.6) is 0 Å². The summed E-state index contributed by atoms with van der Waals surface area (Å²) in [4.78, 5) is 11.2. The van der Waals surface area contributed by atoms with Crippen LogP contribution in [0.1, 0.15) is 33.6 Å². The van der Waals surface area contributed by atoms with Crippen molar-refractivity contribution in [3.63, 3.8) is 0 Å². The summed E-state index contributed by atoms with van der Waals surface area (Å²) in [5, 5.41) is 2.61. The van der Waals surface area contributed by atoms with Crippen LogP contribution in [-0.4, -0.2) is 26.4 Å². The largest absolute Gasteiger partial charge is 0.325 e. The highest BCUT2D eigenvalue weighted by molar-refractivity contribution is 9.10. The number of carbonyl (C=O) groups excluding carboxylic acids is 1. The SMILES string of the molecule is CCC(N)(CC)CNS(=O)(=O)c1ccc(NC(C)=O)c(Br)c1.Cl. The molecule has 1 amide bonds. The Morgan fingerprint density at radius 1 is 1.30 bits per heavy atom. The first-order chi connectivity index (χ1) is 10.1. The summed E-state index contributed by atoms with van der Waals surface area (Å²) in [5.74, 6) is -0.228. The average molecular weight is 429 g/mol. The molecule has 0 aromatic heterocycles.